The number of pyridine rings is 1. The van der Waals surface area contributed by atoms with E-state index in [4.69, 9.17) is 0 Å². The zero-order chi connectivity index (χ0) is 19.6. The summed E-state index contributed by atoms with van der Waals surface area (Å²) in [6.45, 7) is 2.64. The Morgan fingerprint density at radius 3 is 2.76 bits per heavy atom. The molecule has 9 heteroatoms. The number of nitrogens with one attached hydrogen (secondary N) is 2. The van der Waals surface area contributed by atoms with Crippen molar-refractivity contribution >= 4 is 11.5 Å². The third kappa shape index (κ3) is 3.29. The first kappa shape index (κ1) is 17.0. The predicted octanol–water partition coefficient (Wildman–Crippen LogP) is 2.89. The summed E-state index contributed by atoms with van der Waals surface area (Å²) in [7, 11) is 0. The first-order chi connectivity index (χ1) is 14.3. The Hall–Kier alpha value is -4.14. The number of hydrogen-bond acceptors (Lipinski definition) is 7. The van der Waals surface area contributed by atoms with Gasteiger partial charge in [0.25, 0.3) is 0 Å². The van der Waals surface area contributed by atoms with Crippen LogP contribution in [0, 0.1) is 6.92 Å². The van der Waals surface area contributed by atoms with E-state index < -0.39 is 0 Å². The van der Waals surface area contributed by atoms with E-state index in [1.165, 1.54) is 0 Å². The summed E-state index contributed by atoms with van der Waals surface area (Å²) >= 11 is 0. The molecule has 0 unspecified atom stereocenters. The van der Waals surface area contributed by atoms with Gasteiger partial charge >= 0.3 is 0 Å². The average Bonchev–Trinajstić information content (AvgIpc) is 3.44. The van der Waals surface area contributed by atoms with Crippen molar-refractivity contribution < 1.29 is 0 Å². The summed E-state index contributed by atoms with van der Waals surface area (Å²) in [6.07, 6.45) is 5.28. The summed E-state index contributed by atoms with van der Waals surface area (Å²) in [6, 6.07) is 14.1. The second-order valence-corrected chi connectivity index (χ2v) is 6.59. The van der Waals surface area contributed by atoms with Gasteiger partial charge in [-0.25, -0.2) is 4.98 Å². The Balaban J connectivity index is 1.38. The Bertz CT molecular complexity index is 1260. The highest BCUT2D eigenvalue weighted by Gasteiger charge is 2.11. The number of hydrogen-bond donors (Lipinski definition) is 2. The van der Waals surface area contributed by atoms with Gasteiger partial charge in [-0.3, -0.25) is 4.98 Å². The number of benzene rings is 1. The second kappa shape index (κ2) is 7.12. The Morgan fingerprint density at radius 1 is 1.03 bits per heavy atom. The number of nitrogens with zero attached hydrogens (tertiary/aromatic N) is 7. The minimum Gasteiger partial charge on any atom is -0.366 e. The summed E-state index contributed by atoms with van der Waals surface area (Å²) in [5.41, 5.74) is 5.80. The maximum absolute atomic E-state index is 4.46. The largest absolute Gasteiger partial charge is 0.366 e. The van der Waals surface area contributed by atoms with Crippen LogP contribution in [0.3, 0.4) is 0 Å². The third-order valence-electron chi connectivity index (χ3n) is 4.63. The van der Waals surface area contributed by atoms with E-state index in [9.17, 15) is 0 Å². The van der Waals surface area contributed by atoms with Crippen molar-refractivity contribution in [3.63, 3.8) is 0 Å². The van der Waals surface area contributed by atoms with Crippen LogP contribution in [0.1, 0.15) is 11.3 Å². The quantitative estimate of drug-likeness (QED) is 0.480. The van der Waals surface area contributed by atoms with Crippen molar-refractivity contribution in [2.75, 3.05) is 5.32 Å². The molecule has 4 aromatic heterocycles. The van der Waals surface area contributed by atoms with Crippen LogP contribution in [0.2, 0.25) is 0 Å². The van der Waals surface area contributed by atoms with Crippen molar-refractivity contribution in [1.82, 2.24) is 40.2 Å². The Kier molecular flexibility index (Phi) is 4.17. The van der Waals surface area contributed by atoms with E-state index in [0.717, 1.165) is 39.4 Å². The van der Waals surface area contributed by atoms with Crippen molar-refractivity contribution in [2.24, 2.45) is 0 Å². The zero-order valence-electron chi connectivity index (χ0n) is 15.6. The fraction of sp³-hybridized carbons (Fsp3) is 0.100. The molecule has 0 atom stereocenters. The highest BCUT2D eigenvalue weighted by Crippen LogP contribution is 2.29. The molecule has 1 aromatic carbocycles. The Labute approximate surface area is 165 Å². The van der Waals surface area contributed by atoms with Crippen LogP contribution in [0.25, 0.3) is 28.2 Å². The van der Waals surface area contributed by atoms with Crippen LogP contribution in [-0.2, 0) is 6.54 Å². The molecule has 0 aliphatic rings. The fourth-order valence-corrected chi connectivity index (χ4v) is 3.25. The molecule has 0 saturated carbocycles. The van der Waals surface area contributed by atoms with Gasteiger partial charge in [-0.05, 0) is 29.3 Å². The van der Waals surface area contributed by atoms with E-state index in [1.54, 1.807) is 16.9 Å². The number of H-pyrrole nitrogens is 1. The molecule has 0 amide bonds. The number of aryl methyl sites for hydroxylation is 1. The monoisotopic (exact) mass is 383 g/mol. The highest BCUT2D eigenvalue weighted by molar-refractivity contribution is 5.79. The van der Waals surface area contributed by atoms with Crippen molar-refractivity contribution in [2.45, 2.75) is 13.5 Å². The van der Waals surface area contributed by atoms with Crippen molar-refractivity contribution in [3.8, 4) is 22.5 Å². The van der Waals surface area contributed by atoms with E-state index in [1.807, 2.05) is 31.3 Å². The normalized spacial score (nSPS) is 11.1. The maximum Gasteiger partial charge on any atom is 0.205 e. The van der Waals surface area contributed by atoms with Gasteiger partial charge in [-0.15, -0.1) is 10.2 Å². The van der Waals surface area contributed by atoms with Crippen molar-refractivity contribution in [1.29, 1.82) is 0 Å². The number of tetrazole rings is 1. The third-order valence-corrected chi connectivity index (χ3v) is 4.63. The van der Waals surface area contributed by atoms with Gasteiger partial charge in [0.15, 0.2) is 5.65 Å². The van der Waals surface area contributed by atoms with Crippen LogP contribution < -0.4 is 5.32 Å². The smallest absolute Gasteiger partial charge is 0.205 e. The molecular formula is C20H17N9. The van der Waals surface area contributed by atoms with Crippen LogP contribution in [0.5, 0.6) is 0 Å². The summed E-state index contributed by atoms with van der Waals surface area (Å²) in [4.78, 5) is 8.71. The number of rotatable bonds is 5. The number of fused-ring (bicyclic) bond motifs is 1. The number of aromatic nitrogens is 8. The topological polar surface area (TPSA) is 110 Å². The molecule has 142 valence electrons. The van der Waals surface area contributed by atoms with Crippen molar-refractivity contribution in [3.05, 3.63) is 72.3 Å². The van der Waals surface area contributed by atoms with Gasteiger partial charge in [0.1, 0.15) is 5.82 Å². The lowest BCUT2D eigenvalue weighted by molar-refractivity contribution is 0.881. The van der Waals surface area contributed by atoms with Gasteiger partial charge in [-0.2, -0.15) is 14.8 Å². The molecule has 0 fully saturated rings. The highest BCUT2D eigenvalue weighted by atomic mass is 15.5. The molecule has 0 aliphatic carbocycles. The van der Waals surface area contributed by atoms with Crippen LogP contribution in [0.4, 0.5) is 5.82 Å². The standard InChI is InChI=1S/C20H17N9/c1-13-10-19(29-18(24-13)7-9-23-29)22-11-14-2-4-15(5-3-14)17-12-21-8-6-16(17)20-25-27-28-26-20/h2-10,12,22H,11H2,1H3,(H,25,26,27,28). The van der Waals surface area contributed by atoms with Gasteiger partial charge in [0, 0.05) is 47.9 Å². The maximum atomic E-state index is 4.46. The first-order valence-corrected chi connectivity index (χ1v) is 9.10. The summed E-state index contributed by atoms with van der Waals surface area (Å²) in [5.74, 6) is 1.46. The zero-order valence-corrected chi connectivity index (χ0v) is 15.6. The van der Waals surface area contributed by atoms with Crippen LogP contribution >= 0.6 is 0 Å². The molecule has 29 heavy (non-hydrogen) atoms. The van der Waals surface area contributed by atoms with Gasteiger partial charge in [-0.1, -0.05) is 24.3 Å². The lowest BCUT2D eigenvalue weighted by Crippen LogP contribution is -2.06. The lowest BCUT2D eigenvalue weighted by atomic mass is 10.0. The Morgan fingerprint density at radius 2 is 1.93 bits per heavy atom. The van der Waals surface area contributed by atoms with E-state index in [0.29, 0.717) is 12.4 Å². The van der Waals surface area contributed by atoms with Gasteiger partial charge in [0.05, 0.1) is 6.20 Å². The van der Waals surface area contributed by atoms with Crippen LogP contribution in [-0.4, -0.2) is 40.2 Å². The summed E-state index contributed by atoms with van der Waals surface area (Å²) < 4.78 is 1.80. The molecule has 0 radical (unpaired) electrons. The minimum absolute atomic E-state index is 0.546. The predicted molar refractivity (Wildman–Crippen MR) is 108 cm³/mol. The fourth-order valence-electron chi connectivity index (χ4n) is 3.25. The lowest BCUT2D eigenvalue weighted by Gasteiger charge is -2.11. The average molecular weight is 383 g/mol. The molecule has 2 N–H and O–H groups in total. The molecule has 0 aliphatic heterocycles. The van der Waals surface area contributed by atoms with E-state index in [2.05, 4.69) is 65.3 Å². The molecule has 5 rings (SSSR count). The molecule has 0 saturated heterocycles. The molecule has 5 aromatic rings. The molecule has 9 nitrogen and oxygen atoms in total. The number of anilines is 1. The molecule has 0 bridgehead atoms. The summed E-state index contributed by atoms with van der Waals surface area (Å²) in [5, 5.41) is 22.1. The molecular weight excluding hydrogens is 366 g/mol. The SMILES string of the molecule is Cc1cc(NCc2ccc(-c3cnccc3-c3nn[nH]n3)cc2)n2nccc2n1. The van der Waals surface area contributed by atoms with Crippen LogP contribution in [0.15, 0.2) is 61.1 Å². The first-order valence-electron chi connectivity index (χ1n) is 9.10. The minimum atomic E-state index is 0.546. The van der Waals surface area contributed by atoms with Gasteiger partial charge in [0.2, 0.25) is 5.82 Å². The number of aromatic amines is 1. The molecule has 4 heterocycles. The second-order valence-electron chi connectivity index (χ2n) is 6.59. The van der Waals surface area contributed by atoms with E-state index in [-0.39, 0.29) is 0 Å². The van der Waals surface area contributed by atoms with E-state index >= 15 is 0 Å². The molecule has 0 spiro atoms. The van der Waals surface area contributed by atoms with Gasteiger partial charge < -0.3 is 5.32 Å².